The third-order valence-electron chi connectivity index (χ3n) is 5.62. The molecule has 0 spiro atoms. The zero-order valence-corrected chi connectivity index (χ0v) is 16.7. The molecule has 3 rings (SSSR count). The number of pyridine rings is 1. The molecule has 0 radical (unpaired) electrons. The Kier molecular flexibility index (Phi) is 6.19. The highest BCUT2D eigenvalue weighted by Crippen LogP contribution is 2.35. The second-order valence-corrected chi connectivity index (χ2v) is 7.83. The molecular weight excluding hydrogens is 338 g/mol. The van der Waals surface area contributed by atoms with Gasteiger partial charge in [0.25, 0.3) is 0 Å². The normalized spacial score (nSPS) is 17.6. The number of aryl methyl sites for hydroxylation is 2. The van der Waals surface area contributed by atoms with Crippen LogP contribution >= 0.6 is 0 Å². The lowest BCUT2D eigenvalue weighted by Crippen LogP contribution is -2.19. The molecule has 0 amide bonds. The average molecular weight is 367 g/mol. The Morgan fingerprint density at radius 1 is 1.11 bits per heavy atom. The molecule has 0 aliphatic heterocycles. The van der Waals surface area contributed by atoms with Gasteiger partial charge in [-0.05, 0) is 50.2 Å². The number of carbonyl (C=O) groups is 1. The Hall–Kier alpha value is -2.30. The standard InChI is InChI=1S/C22H29N3O2/c1-14-5-10-21(24-11-14)16(3)15(2)13-27-22-20(12-23-17(4)25-22)18-6-8-19(26)9-7-18/h5,10-12,15-16,18H,6-9,13H2,1-4H3/t15-,16+/m1/s1. The van der Waals surface area contributed by atoms with Crippen LogP contribution in [0.3, 0.4) is 0 Å². The molecule has 144 valence electrons. The van der Waals surface area contributed by atoms with Crippen molar-refractivity contribution >= 4 is 5.78 Å². The predicted molar refractivity (Wildman–Crippen MR) is 105 cm³/mol. The molecule has 1 saturated carbocycles. The Labute approximate surface area is 161 Å². The van der Waals surface area contributed by atoms with Gasteiger partial charge in [0.15, 0.2) is 0 Å². The minimum absolute atomic E-state index is 0.296. The number of ketones is 1. The SMILES string of the molecule is Cc1ccc([C@@H](C)[C@H](C)COc2nc(C)ncc2C2CCC(=O)CC2)nc1. The van der Waals surface area contributed by atoms with E-state index in [1.165, 1.54) is 5.56 Å². The Balaban J connectivity index is 1.68. The van der Waals surface area contributed by atoms with E-state index in [1.807, 2.05) is 26.2 Å². The highest BCUT2D eigenvalue weighted by Gasteiger charge is 2.25. The molecule has 0 aromatic carbocycles. The molecule has 2 heterocycles. The molecule has 1 fully saturated rings. The summed E-state index contributed by atoms with van der Waals surface area (Å²) < 4.78 is 6.16. The summed E-state index contributed by atoms with van der Waals surface area (Å²) in [6.07, 6.45) is 6.81. The molecule has 1 aliphatic carbocycles. The van der Waals surface area contributed by atoms with Crippen molar-refractivity contribution < 1.29 is 9.53 Å². The Bertz CT molecular complexity index is 779. The maximum Gasteiger partial charge on any atom is 0.220 e. The summed E-state index contributed by atoms with van der Waals surface area (Å²) >= 11 is 0. The van der Waals surface area contributed by atoms with Crippen LogP contribution < -0.4 is 4.74 Å². The number of aromatic nitrogens is 3. The summed E-state index contributed by atoms with van der Waals surface area (Å²) in [7, 11) is 0. The summed E-state index contributed by atoms with van der Waals surface area (Å²) in [5.74, 6) is 2.65. The molecule has 0 unspecified atom stereocenters. The number of ether oxygens (including phenoxy) is 1. The molecule has 1 aliphatic rings. The van der Waals surface area contributed by atoms with E-state index in [4.69, 9.17) is 4.74 Å². The van der Waals surface area contributed by atoms with Crippen LogP contribution in [-0.4, -0.2) is 27.3 Å². The first kappa shape index (κ1) is 19.5. The third-order valence-corrected chi connectivity index (χ3v) is 5.62. The lowest BCUT2D eigenvalue weighted by Gasteiger charge is -2.24. The van der Waals surface area contributed by atoms with Crippen molar-refractivity contribution in [2.75, 3.05) is 6.61 Å². The third kappa shape index (κ3) is 4.90. The van der Waals surface area contributed by atoms with E-state index in [0.717, 1.165) is 24.1 Å². The van der Waals surface area contributed by atoms with Crippen molar-refractivity contribution in [1.82, 2.24) is 15.0 Å². The molecule has 0 bridgehead atoms. The van der Waals surface area contributed by atoms with Crippen LogP contribution in [-0.2, 0) is 4.79 Å². The molecule has 5 nitrogen and oxygen atoms in total. The zero-order chi connectivity index (χ0) is 19.4. The first-order valence-corrected chi connectivity index (χ1v) is 9.84. The fourth-order valence-corrected chi connectivity index (χ4v) is 3.50. The van der Waals surface area contributed by atoms with E-state index in [-0.39, 0.29) is 0 Å². The average Bonchev–Trinajstić information content (AvgIpc) is 2.67. The number of hydrogen-bond donors (Lipinski definition) is 0. The topological polar surface area (TPSA) is 65.0 Å². The maximum absolute atomic E-state index is 11.6. The van der Waals surface area contributed by atoms with Gasteiger partial charge in [0.05, 0.1) is 6.61 Å². The smallest absolute Gasteiger partial charge is 0.220 e. The van der Waals surface area contributed by atoms with Gasteiger partial charge in [0, 0.05) is 42.4 Å². The van der Waals surface area contributed by atoms with Gasteiger partial charge in [-0.25, -0.2) is 4.98 Å². The van der Waals surface area contributed by atoms with Gasteiger partial charge in [-0.3, -0.25) is 9.78 Å². The van der Waals surface area contributed by atoms with Gasteiger partial charge < -0.3 is 4.74 Å². The van der Waals surface area contributed by atoms with Crippen molar-refractivity contribution in [3.63, 3.8) is 0 Å². The van der Waals surface area contributed by atoms with E-state index in [1.54, 1.807) is 0 Å². The van der Waals surface area contributed by atoms with Gasteiger partial charge in [-0.1, -0.05) is 19.9 Å². The Morgan fingerprint density at radius 2 is 1.85 bits per heavy atom. The first-order chi connectivity index (χ1) is 12.9. The highest BCUT2D eigenvalue weighted by molar-refractivity contribution is 5.79. The summed E-state index contributed by atoms with van der Waals surface area (Å²) in [5, 5.41) is 0. The van der Waals surface area contributed by atoms with Gasteiger partial charge in [-0.2, -0.15) is 4.98 Å². The van der Waals surface area contributed by atoms with Crippen LogP contribution in [0.1, 0.15) is 74.0 Å². The quantitative estimate of drug-likeness (QED) is 0.750. The zero-order valence-electron chi connectivity index (χ0n) is 16.7. The molecule has 5 heteroatoms. The van der Waals surface area contributed by atoms with E-state index in [9.17, 15) is 4.79 Å². The molecule has 2 aromatic rings. The Morgan fingerprint density at radius 3 is 2.52 bits per heavy atom. The minimum Gasteiger partial charge on any atom is -0.477 e. The molecule has 0 saturated heterocycles. The molecule has 2 aromatic heterocycles. The number of hydrogen-bond acceptors (Lipinski definition) is 5. The van der Waals surface area contributed by atoms with E-state index < -0.39 is 0 Å². The summed E-state index contributed by atoms with van der Waals surface area (Å²) in [6.45, 7) is 8.87. The van der Waals surface area contributed by atoms with E-state index >= 15 is 0 Å². The van der Waals surface area contributed by atoms with Crippen LogP contribution in [0.15, 0.2) is 24.5 Å². The lowest BCUT2D eigenvalue weighted by atomic mass is 9.84. The predicted octanol–water partition coefficient (Wildman–Crippen LogP) is 4.53. The second kappa shape index (κ2) is 8.59. The molecule has 27 heavy (non-hydrogen) atoms. The van der Waals surface area contributed by atoms with Crippen LogP contribution in [0.4, 0.5) is 0 Å². The van der Waals surface area contributed by atoms with Gasteiger partial charge in [0.2, 0.25) is 5.88 Å². The second-order valence-electron chi connectivity index (χ2n) is 7.83. The van der Waals surface area contributed by atoms with E-state index in [2.05, 4.69) is 40.9 Å². The van der Waals surface area contributed by atoms with Crippen LogP contribution in [0.25, 0.3) is 0 Å². The summed E-state index contributed by atoms with van der Waals surface area (Å²) in [5.41, 5.74) is 3.30. The molecule has 2 atom stereocenters. The van der Waals surface area contributed by atoms with Crippen molar-refractivity contribution in [2.24, 2.45) is 5.92 Å². The fraction of sp³-hybridized carbons (Fsp3) is 0.545. The van der Waals surface area contributed by atoms with Crippen molar-refractivity contribution in [3.8, 4) is 5.88 Å². The molecular formula is C22H29N3O2. The van der Waals surface area contributed by atoms with Crippen LogP contribution in [0.2, 0.25) is 0 Å². The summed E-state index contributed by atoms with van der Waals surface area (Å²) in [6, 6.07) is 4.19. The maximum atomic E-state index is 11.6. The summed E-state index contributed by atoms with van der Waals surface area (Å²) in [4.78, 5) is 25.0. The highest BCUT2D eigenvalue weighted by atomic mass is 16.5. The van der Waals surface area contributed by atoms with Gasteiger partial charge >= 0.3 is 0 Å². The number of Topliss-reactive ketones (excluding diaryl/α,β-unsaturated/α-hetero) is 1. The lowest BCUT2D eigenvalue weighted by molar-refractivity contribution is -0.120. The van der Waals surface area contributed by atoms with Crippen molar-refractivity contribution in [1.29, 1.82) is 0 Å². The number of rotatable bonds is 6. The fourth-order valence-electron chi connectivity index (χ4n) is 3.50. The number of nitrogens with zero attached hydrogens (tertiary/aromatic N) is 3. The van der Waals surface area contributed by atoms with Crippen LogP contribution in [0, 0.1) is 19.8 Å². The molecule has 0 N–H and O–H groups in total. The van der Waals surface area contributed by atoms with Crippen molar-refractivity contribution in [3.05, 3.63) is 47.2 Å². The van der Waals surface area contributed by atoms with Gasteiger partial charge in [0.1, 0.15) is 11.6 Å². The first-order valence-electron chi connectivity index (χ1n) is 9.84. The van der Waals surface area contributed by atoms with Crippen LogP contribution in [0.5, 0.6) is 5.88 Å². The minimum atomic E-state index is 0.296. The number of carbonyl (C=O) groups excluding carboxylic acids is 1. The van der Waals surface area contributed by atoms with Crippen molar-refractivity contribution in [2.45, 2.75) is 65.2 Å². The largest absolute Gasteiger partial charge is 0.477 e. The monoisotopic (exact) mass is 367 g/mol. The van der Waals surface area contributed by atoms with Gasteiger partial charge in [-0.15, -0.1) is 0 Å². The van der Waals surface area contributed by atoms with E-state index in [0.29, 0.717) is 54.7 Å².